The first-order valence-corrected chi connectivity index (χ1v) is 4.96. The van der Waals surface area contributed by atoms with Crippen LogP contribution in [0.25, 0.3) is 22.2 Å². The van der Waals surface area contributed by atoms with E-state index >= 15 is 0 Å². The van der Waals surface area contributed by atoms with Gasteiger partial charge in [-0.1, -0.05) is 0 Å². The second-order valence-corrected chi connectivity index (χ2v) is 3.57. The lowest BCUT2D eigenvalue weighted by molar-refractivity contribution is 0.187. The van der Waals surface area contributed by atoms with E-state index in [1.165, 1.54) is 12.3 Å². The van der Waals surface area contributed by atoms with Gasteiger partial charge in [0.15, 0.2) is 5.65 Å². The first-order chi connectivity index (χ1) is 8.27. The van der Waals surface area contributed by atoms with Crippen molar-refractivity contribution in [2.75, 3.05) is 0 Å². The van der Waals surface area contributed by atoms with Crippen LogP contribution in [0.5, 0.6) is 0 Å². The summed E-state index contributed by atoms with van der Waals surface area (Å²) in [6.07, 6.45) is 4.82. The lowest BCUT2D eigenvalue weighted by Gasteiger charge is -2.05. The predicted molar refractivity (Wildman–Crippen MR) is 71.1 cm³/mol. The third kappa shape index (κ3) is 1.78. The number of nitrogens with zero attached hydrogens (tertiary/aromatic N) is 3. The van der Waals surface area contributed by atoms with E-state index in [0.29, 0.717) is 15.7 Å². The molecule has 0 fully saturated rings. The number of nitrogens with one attached hydrogen (secondary N) is 1. The molecule has 7 heteroatoms. The normalized spacial score (nSPS) is 10.2. The van der Waals surface area contributed by atoms with E-state index in [2.05, 4.69) is 15.2 Å². The molecule has 92 valence electrons. The Labute approximate surface area is 112 Å². The van der Waals surface area contributed by atoms with Gasteiger partial charge in [-0.15, -0.1) is 21.7 Å². The third-order valence-electron chi connectivity index (χ3n) is 2.56. The number of pyridine rings is 2. The maximum atomic E-state index is 11.6. The molecule has 0 radical (unpaired) electrons. The van der Waals surface area contributed by atoms with Crippen molar-refractivity contribution in [3.05, 3.63) is 47.1 Å². The minimum atomic E-state index is -0.521. The first kappa shape index (κ1) is 12.3. The predicted octanol–water partition coefficient (Wildman–Crippen LogP) is 1.60. The largest absolute Gasteiger partial charge is 0.423 e. The van der Waals surface area contributed by atoms with Crippen LogP contribution in [-0.2, 0) is 0 Å². The molecule has 0 saturated heterocycles. The van der Waals surface area contributed by atoms with Crippen LogP contribution in [0.2, 0.25) is 0 Å². The average molecular weight is 309 g/mol. The molecule has 0 unspecified atom stereocenters. The van der Waals surface area contributed by atoms with Crippen molar-refractivity contribution < 1.29 is 5.21 Å². The van der Waals surface area contributed by atoms with Gasteiger partial charge in [-0.05, 0) is 12.1 Å². The molecule has 0 spiro atoms. The summed E-state index contributed by atoms with van der Waals surface area (Å²) in [5.41, 5.74) is 1.18. The molecule has 18 heavy (non-hydrogen) atoms. The van der Waals surface area contributed by atoms with Crippen LogP contribution in [-0.4, -0.2) is 25.1 Å². The zero-order chi connectivity index (χ0) is 11.8. The minimum Gasteiger partial charge on any atom is -0.423 e. The summed E-state index contributed by atoms with van der Waals surface area (Å²) < 4.78 is 0.541. The maximum Gasteiger partial charge on any atom is 0.285 e. The Hall–Kier alpha value is -2.15. The zero-order valence-corrected chi connectivity index (χ0v) is 10.8. The highest BCUT2D eigenvalue weighted by molar-refractivity contribution is 8.93. The molecule has 0 aliphatic rings. The standard InChI is InChI=1S/C11H8N4O2.BrH/c16-10-4-9(7-5-13-14-6-7)8-2-1-3-12-11(8)15(10)17;/h1-6,17H,(H,13,14);1H. The number of aromatic nitrogens is 4. The summed E-state index contributed by atoms with van der Waals surface area (Å²) in [4.78, 5) is 15.6. The Bertz CT molecular complexity index is 736. The van der Waals surface area contributed by atoms with Gasteiger partial charge in [-0.2, -0.15) is 5.10 Å². The molecule has 0 aliphatic carbocycles. The van der Waals surface area contributed by atoms with Gasteiger partial charge in [0.2, 0.25) is 0 Å². The van der Waals surface area contributed by atoms with Gasteiger partial charge in [-0.25, -0.2) is 4.98 Å². The number of fused-ring (bicyclic) bond motifs is 1. The van der Waals surface area contributed by atoms with Crippen molar-refractivity contribution in [1.82, 2.24) is 19.9 Å². The van der Waals surface area contributed by atoms with Gasteiger partial charge in [0.05, 0.1) is 6.20 Å². The summed E-state index contributed by atoms with van der Waals surface area (Å²) in [6.45, 7) is 0. The quantitative estimate of drug-likeness (QED) is 0.669. The number of H-pyrrole nitrogens is 1. The van der Waals surface area contributed by atoms with E-state index in [1.807, 2.05) is 0 Å². The van der Waals surface area contributed by atoms with Crippen LogP contribution in [0.3, 0.4) is 0 Å². The topological polar surface area (TPSA) is 83.8 Å². The fourth-order valence-electron chi connectivity index (χ4n) is 1.78. The molecule has 3 aromatic heterocycles. The molecule has 3 rings (SSSR count). The van der Waals surface area contributed by atoms with Gasteiger partial charge < -0.3 is 5.21 Å². The van der Waals surface area contributed by atoms with E-state index in [9.17, 15) is 10.0 Å². The first-order valence-electron chi connectivity index (χ1n) is 4.96. The Morgan fingerprint density at radius 1 is 1.39 bits per heavy atom. The van der Waals surface area contributed by atoms with Crippen LogP contribution in [0.4, 0.5) is 0 Å². The Balaban J connectivity index is 0.00000120. The maximum absolute atomic E-state index is 11.6. The lowest BCUT2D eigenvalue weighted by Crippen LogP contribution is -2.18. The molecule has 0 atom stereocenters. The van der Waals surface area contributed by atoms with Crippen molar-refractivity contribution in [1.29, 1.82) is 0 Å². The van der Waals surface area contributed by atoms with Crippen LogP contribution < -0.4 is 5.56 Å². The second-order valence-electron chi connectivity index (χ2n) is 3.57. The van der Waals surface area contributed by atoms with E-state index in [1.54, 1.807) is 24.5 Å². The van der Waals surface area contributed by atoms with E-state index < -0.39 is 5.56 Å². The highest BCUT2D eigenvalue weighted by atomic mass is 79.9. The van der Waals surface area contributed by atoms with Gasteiger partial charge >= 0.3 is 0 Å². The fourth-order valence-corrected chi connectivity index (χ4v) is 1.78. The van der Waals surface area contributed by atoms with Crippen LogP contribution >= 0.6 is 17.0 Å². The van der Waals surface area contributed by atoms with Crippen molar-refractivity contribution in [3.8, 4) is 11.1 Å². The fraction of sp³-hybridized carbons (Fsp3) is 0. The molecule has 0 saturated carbocycles. The Morgan fingerprint density at radius 3 is 2.94 bits per heavy atom. The van der Waals surface area contributed by atoms with Crippen molar-refractivity contribution in [3.63, 3.8) is 0 Å². The zero-order valence-electron chi connectivity index (χ0n) is 9.07. The summed E-state index contributed by atoms with van der Waals surface area (Å²) >= 11 is 0. The van der Waals surface area contributed by atoms with Crippen LogP contribution in [0, 0.1) is 0 Å². The molecular formula is C11H9BrN4O2. The van der Waals surface area contributed by atoms with E-state index in [-0.39, 0.29) is 22.6 Å². The molecular weight excluding hydrogens is 300 g/mol. The molecule has 3 aromatic rings. The van der Waals surface area contributed by atoms with Crippen molar-refractivity contribution in [2.45, 2.75) is 0 Å². The monoisotopic (exact) mass is 308 g/mol. The van der Waals surface area contributed by atoms with Crippen molar-refractivity contribution >= 4 is 28.0 Å². The number of halogens is 1. The summed E-state index contributed by atoms with van der Waals surface area (Å²) in [5.74, 6) is 0. The molecule has 3 heterocycles. The number of aromatic amines is 1. The van der Waals surface area contributed by atoms with Crippen LogP contribution in [0.15, 0.2) is 41.6 Å². The van der Waals surface area contributed by atoms with Gasteiger partial charge in [-0.3, -0.25) is 9.89 Å². The Morgan fingerprint density at radius 2 is 2.22 bits per heavy atom. The molecule has 6 nitrogen and oxygen atoms in total. The number of hydrogen-bond donors (Lipinski definition) is 2. The number of hydrogen-bond acceptors (Lipinski definition) is 4. The minimum absolute atomic E-state index is 0. The van der Waals surface area contributed by atoms with Gasteiger partial charge in [0.1, 0.15) is 0 Å². The van der Waals surface area contributed by atoms with E-state index in [0.717, 1.165) is 5.56 Å². The highest BCUT2D eigenvalue weighted by Crippen LogP contribution is 2.24. The lowest BCUT2D eigenvalue weighted by atomic mass is 10.1. The number of rotatable bonds is 1. The third-order valence-corrected chi connectivity index (χ3v) is 2.56. The second kappa shape index (κ2) is 4.61. The van der Waals surface area contributed by atoms with Crippen molar-refractivity contribution in [2.24, 2.45) is 0 Å². The van der Waals surface area contributed by atoms with E-state index in [4.69, 9.17) is 0 Å². The summed E-state index contributed by atoms with van der Waals surface area (Å²) in [7, 11) is 0. The average Bonchev–Trinajstić information content (AvgIpc) is 2.87. The van der Waals surface area contributed by atoms with Crippen LogP contribution in [0.1, 0.15) is 0 Å². The van der Waals surface area contributed by atoms with Gasteiger partial charge in [0.25, 0.3) is 5.56 Å². The molecule has 2 N–H and O–H groups in total. The smallest absolute Gasteiger partial charge is 0.285 e. The summed E-state index contributed by atoms with van der Waals surface area (Å²) in [6, 6.07) is 4.89. The Kier molecular flexibility index (Phi) is 3.15. The highest BCUT2D eigenvalue weighted by Gasteiger charge is 2.10. The summed E-state index contributed by atoms with van der Waals surface area (Å²) in [5, 5.41) is 16.8. The molecule has 0 aliphatic heterocycles. The SMILES string of the molecule is Br.O=c1cc(-c2cn[nH]c2)c2cccnc2n1O. The molecule has 0 bridgehead atoms. The van der Waals surface area contributed by atoms with Gasteiger partial charge in [0, 0.05) is 35.0 Å². The molecule has 0 amide bonds. The molecule has 0 aromatic carbocycles.